The van der Waals surface area contributed by atoms with Crippen molar-refractivity contribution >= 4 is 11.6 Å². The zero-order chi connectivity index (χ0) is 17.8. The van der Waals surface area contributed by atoms with Gasteiger partial charge in [0, 0.05) is 31.7 Å². The number of amides is 1. The molecule has 4 rings (SSSR count). The number of anilines is 1. The summed E-state index contributed by atoms with van der Waals surface area (Å²) in [5.41, 5.74) is 4.01. The smallest absolute Gasteiger partial charge is 0.227 e. The van der Waals surface area contributed by atoms with E-state index in [0.29, 0.717) is 13.0 Å². The lowest BCUT2D eigenvalue weighted by atomic mass is 10.2. The minimum atomic E-state index is 0.220. The van der Waals surface area contributed by atoms with Crippen molar-refractivity contribution in [1.82, 2.24) is 20.3 Å². The van der Waals surface area contributed by atoms with Gasteiger partial charge in [-0.3, -0.25) is 4.79 Å². The molecule has 0 atom stereocenters. The van der Waals surface area contributed by atoms with Crippen LogP contribution in [0.15, 0.2) is 60.8 Å². The number of hydrogen-bond donors (Lipinski definition) is 1. The van der Waals surface area contributed by atoms with Gasteiger partial charge in [0.2, 0.25) is 5.91 Å². The van der Waals surface area contributed by atoms with E-state index < -0.39 is 0 Å². The number of aromatic nitrogens is 3. The van der Waals surface area contributed by atoms with Crippen LogP contribution in [-0.4, -0.2) is 27.4 Å². The fraction of sp³-hybridized carbons (Fsp3) is 0.250. The van der Waals surface area contributed by atoms with E-state index in [1.54, 1.807) is 11.0 Å². The van der Waals surface area contributed by atoms with E-state index in [9.17, 15) is 4.79 Å². The maximum Gasteiger partial charge on any atom is 0.227 e. The predicted molar refractivity (Wildman–Crippen MR) is 99.9 cm³/mol. The quantitative estimate of drug-likeness (QED) is 0.745. The highest BCUT2D eigenvalue weighted by atomic mass is 16.2. The zero-order valence-corrected chi connectivity index (χ0v) is 14.5. The standard InChI is InChI=1S/C20H21N5O/c26-20-7-4-12-24(20)18-10-8-16(9-11-18)13-21-14-17-15-22-25(23-17)19-5-2-1-3-6-19/h1-3,5-6,8-11,15,21H,4,7,12-14H2. The molecule has 0 radical (unpaired) electrons. The summed E-state index contributed by atoms with van der Waals surface area (Å²) in [5, 5.41) is 12.2. The second kappa shape index (κ2) is 7.49. The Balaban J connectivity index is 1.31. The molecule has 1 aliphatic rings. The second-order valence-electron chi connectivity index (χ2n) is 6.38. The van der Waals surface area contributed by atoms with Gasteiger partial charge < -0.3 is 10.2 Å². The molecule has 1 N–H and O–H groups in total. The lowest BCUT2D eigenvalue weighted by Gasteiger charge is -2.16. The van der Waals surface area contributed by atoms with E-state index in [-0.39, 0.29) is 5.91 Å². The number of rotatable bonds is 6. The molecular weight excluding hydrogens is 326 g/mol. The number of hydrogen-bond acceptors (Lipinski definition) is 4. The Kier molecular flexibility index (Phi) is 4.75. The van der Waals surface area contributed by atoms with Crippen molar-refractivity contribution in [2.24, 2.45) is 0 Å². The minimum Gasteiger partial charge on any atom is -0.312 e. The van der Waals surface area contributed by atoms with E-state index in [1.807, 2.05) is 47.4 Å². The summed E-state index contributed by atoms with van der Waals surface area (Å²) in [7, 11) is 0. The van der Waals surface area contributed by atoms with Gasteiger partial charge in [-0.1, -0.05) is 30.3 Å². The Labute approximate surface area is 152 Å². The molecule has 6 heteroatoms. The van der Waals surface area contributed by atoms with Gasteiger partial charge in [-0.25, -0.2) is 0 Å². The van der Waals surface area contributed by atoms with Gasteiger partial charge in [0.25, 0.3) is 0 Å². The molecule has 0 saturated carbocycles. The van der Waals surface area contributed by atoms with E-state index in [0.717, 1.165) is 36.6 Å². The molecule has 0 unspecified atom stereocenters. The first kappa shape index (κ1) is 16.5. The fourth-order valence-electron chi connectivity index (χ4n) is 3.11. The van der Waals surface area contributed by atoms with Gasteiger partial charge >= 0.3 is 0 Å². The lowest BCUT2D eigenvalue weighted by Crippen LogP contribution is -2.23. The first-order valence-corrected chi connectivity index (χ1v) is 8.86. The van der Waals surface area contributed by atoms with Crippen LogP contribution in [-0.2, 0) is 17.9 Å². The van der Waals surface area contributed by atoms with Crippen molar-refractivity contribution in [1.29, 1.82) is 0 Å². The predicted octanol–water partition coefficient (Wildman–Crippen LogP) is 2.68. The lowest BCUT2D eigenvalue weighted by molar-refractivity contribution is -0.117. The molecule has 2 aromatic carbocycles. The molecule has 132 valence electrons. The molecule has 0 aliphatic carbocycles. The van der Waals surface area contributed by atoms with Gasteiger partial charge in [0.15, 0.2) is 0 Å². The van der Waals surface area contributed by atoms with Crippen molar-refractivity contribution in [3.8, 4) is 5.69 Å². The van der Waals surface area contributed by atoms with Crippen LogP contribution in [0.3, 0.4) is 0 Å². The first-order valence-electron chi connectivity index (χ1n) is 8.86. The molecule has 3 aromatic rings. The van der Waals surface area contributed by atoms with Crippen LogP contribution in [0.4, 0.5) is 5.69 Å². The summed E-state index contributed by atoms with van der Waals surface area (Å²) in [4.78, 5) is 15.3. The van der Waals surface area contributed by atoms with E-state index in [2.05, 4.69) is 27.6 Å². The number of carbonyl (C=O) groups excluding carboxylic acids is 1. The van der Waals surface area contributed by atoms with Gasteiger partial charge in [-0.05, 0) is 36.2 Å². The molecule has 0 spiro atoms. The number of nitrogens with one attached hydrogen (secondary N) is 1. The Bertz CT molecular complexity index is 873. The summed E-state index contributed by atoms with van der Waals surface area (Å²) in [5.74, 6) is 0.220. The van der Waals surface area contributed by atoms with Gasteiger partial charge in [0.05, 0.1) is 17.6 Å². The summed E-state index contributed by atoms with van der Waals surface area (Å²) in [6, 6.07) is 18.0. The number of para-hydroxylation sites is 1. The van der Waals surface area contributed by atoms with E-state index >= 15 is 0 Å². The van der Waals surface area contributed by atoms with Gasteiger partial charge in [-0.15, -0.1) is 0 Å². The molecule has 1 saturated heterocycles. The highest BCUT2D eigenvalue weighted by molar-refractivity contribution is 5.95. The molecule has 1 aliphatic heterocycles. The number of benzene rings is 2. The molecule has 26 heavy (non-hydrogen) atoms. The third-order valence-electron chi connectivity index (χ3n) is 4.48. The minimum absolute atomic E-state index is 0.220. The second-order valence-corrected chi connectivity index (χ2v) is 6.38. The highest BCUT2D eigenvalue weighted by Crippen LogP contribution is 2.21. The maximum absolute atomic E-state index is 11.8. The molecule has 2 heterocycles. The summed E-state index contributed by atoms with van der Waals surface area (Å²) in [6.45, 7) is 2.22. The van der Waals surface area contributed by atoms with Crippen molar-refractivity contribution in [2.45, 2.75) is 25.9 Å². The Morgan fingerprint density at radius 3 is 2.50 bits per heavy atom. The Morgan fingerprint density at radius 1 is 0.962 bits per heavy atom. The zero-order valence-electron chi connectivity index (χ0n) is 14.5. The van der Waals surface area contributed by atoms with Crippen LogP contribution in [0.2, 0.25) is 0 Å². The van der Waals surface area contributed by atoms with Crippen molar-refractivity contribution in [3.63, 3.8) is 0 Å². The molecular formula is C20H21N5O. The Hall–Kier alpha value is -2.99. The summed E-state index contributed by atoms with van der Waals surface area (Å²) < 4.78 is 0. The van der Waals surface area contributed by atoms with Crippen LogP contribution in [0.5, 0.6) is 0 Å². The van der Waals surface area contributed by atoms with Crippen LogP contribution in [0.25, 0.3) is 5.69 Å². The van der Waals surface area contributed by atoms with Crippen molar-refractivity contribution in [2.75, 3.05) is 11.4 Å². The molecule has 6 nitrogen and oxygen atoms in total. The topological polar surface area (TPSA) is 63.1 Å². The van der Waals surface area contributed by atoms with Crippen LogP contribution in [0.1, 0.15) is 24.1 Å². The third kappa shape index (κ3) is 3.65. The van der Waals surface area contributed by atoms with Crippen molar-refractivity contribution in [3.05, 3.63) is 72.1 Å². The monoisotopic (exact) mass is 347 g/mol. The SMILES string of the molecule is O=C1CCCN1c1ccc(CNCc2cnn(-c3ccccc3)n2)cc1. The maximum atomic E-state index is 11.8. The summed E-state index contributed by atoms with van der Waals surface area (Å²) in [6.07, 6.45) is 3.39. The molecule has 0 bridgehead atoms. The highest BCUT2D eigenvalue weighted by Gasteiger charge is 2.21. The number of carbonyl (C=O) groups is 1. The normalized spacial score (nSPS) is 14.2. The number of nitrogens with zero attached hydrogens (tertiary/aromatic N) is 4. The largest absolute Gasteiger partial charge is 0.312 e. The molecule has 1 aromatic heterocycles. The van der Waals surface area contributed by atoms with Gasteiger partial charge in [-0.2, -0.15) is 15.0 Å². The van der Waals surface area contributed by atoms with E-state index in [4.69, 9.17) is 0 Å². The first-order chi connectivity index (χ1) is 12.8. The van der Waals surface area contributed by atoms with Crippen LogP contribution >= 0.6 is 0 Å². The molecule has 1 fully saturated rings. The average Bonchev–Trinajstić information content (AvgIpc) is 3.32. The van der Waals surface area contributed by atoms with Crippen LogP contribution < -0.4 is 10.2 Å². The van der Waals surface area contributed by atoms with Crippen molar-refractivity contribution < 1.29 is 4.79 Å². The van der Waals surface area contributed by atoms with Gasteiger partial charge in [0.1, 0.15) is 0 Å². The fourth-order valence-corrected chi connectivity index (χ4v) is 3.11. The third-order valence-corrected chi connectivity index (χ3v) is 4.48. The summed E-state index contributed by atoms with van der Waals surface area (Å²) >= 11 is 0. The average molecular weight is 347 g/mol. The Morgan fingerprint density at radius 2 is 1.77 bits per heavy atom. The molecule has 1 amide bonds. The van der Waals surface area contributed by atoms with E-state index in [1.165, 1.54) is 5.56 Å². The van der Waals surface area contributed by atoms with Crippen LogP contribution in [0, 0.1) is 0 Å².